The molecule has 0 rings (SSSR count). The van der Waals surface area contributed by atoms with E-state index < -0.39 is 0 Å². The molecule has 0 aromatic rings. The Morgan fingerprint density at radius 2 is 2.25 bits per heavy atom. The molecule has 0 radical (unpaired) electrons. The third-order valence-electron chi connectivity index (χ3n) is 0.775. The van der Waals surface area contributed by atoms with E-state index in [0.717, 1.165) is 12.2 Å². The van der Waals surface area contributed by atoms with E-state index in [1.54, 1.807) is 7.11 Å². The molecule has 48 valence electrons. The van der Waals surface area contributed by atoms with Crippen molar-refractivity contribution in [3.8, 4) is 0 Å². The second kappa shape index (κ2) is 4.65. The molecule has 0 fully saturated rings. The Morgan fingerprint density at radius 1 is 1.62 bits per heavy atom. The average Bonchev–Trinajstić information content (AvgIpc) is 1.83. The van der Waals surface area contributed by atoms with Gasteiger partial charge >= 0.3 is 0 Å². The van der Waals surface area contributed by atoms with Gasteiger partial charge in [-0.25, -0.2) is 0 Å². The largest absolute Gasteiger partial charge is 0.473 e. The van der Waals surface area contributed by atoms with Gasteiger partial charge in [-0.05, 0) is 0 Å². The lowest BCUT2D eigenvalue weighted by Gasteiger charge is -2.03. The summed E-state index contributed by atoms with van der Waals surface area (Å²) in [4.78, 5) is 0. The summed E-state index contributed by atoms with van der Waals surface area (Å²) in [5.74, 6) is 0.770. The molecular weight excluding hydrogens is 104 g/mol. The number of ether oxygens (including phenoxy) is 2. The monoisotopic (exact) mass is 116 g/mol. The van der Waals surface area contributed by atoms with Gasteiger partial charge in [0.1, 0.15) is 0 Å². The van der Waals surface area contributed by atoms with Crippen LogP contribution in [-0.4, -0.2) is 13.9 Å². The van der Waals surface area contributed by atoms with E-state index in [9.17, 15) is 0 Å². The summed E-state index contributed by atoms with van der Waals surface area (Å²) in [6.07, 6.45) is 0.851. The Bertz CT molecular complexity index is 68.9. The Labute approximate surface area is 50.1 Å². The predicted molar refractivity (Wildman–Crippen MR) is 32.4 cm³/mol. The van der Waals surface area contributed by atoms with Gasteiger partial charge in [-0.3, -0.25) is 0 Å². The lowest BCUT2D eigenvalue weighted by Crippen LogP contribution is -1.93. The van der Waals surface area contributed by atoms with Crippen LogP contribution in [0, 0.1) is 0 Å². The van der Waals surface area contributed by atoms with Gasteiger partial charge in [0, 0.05) is 13.5 Å². The van der Waals surface area contributed by atoms with Gasteiger partial charge in [-0.2, -0.15) is 0 Å². The highest BCUT2D eigenvalue weighted by molar-refractivity contribution is 4.78. The summed E-state index contributed by atoms with van der Waals surface area (Å²) in [6.45, 7) is 5.90. The molecule has 0 aliphatic heterocycles. The SMILES string of the molecule is C=C(CC)OCOC. The molecule has 0 heterocycles. The molecule has 0 aromatic heterocycles. The molecule has 0 aromatic carbocycles. The van der Waals surface area contributed by atoms with Crippen LogP contribution in [0.15, 0.2) is 12.3 Å². The molecule has 2 nitrogen and oxygen atoms in total. The molecule has 0 N–H and O–H groups in total. The van der Waals surface area contributed by atoms with Crippen molar-refractivity contribution in [2.45, 2.75) is 13.3 Å². The van der Waals surface area contributed by atoms with Crippen molar-refractivity contribution in [3.05, 3.63) is 12.3 Å². The summed E-state index contributed by atoms with van der Waals surface area (Å²) in [5.41, 5.74) is 0. The van der Waals surface area contributed by atoms with Crippen LogP contribution in [0.1, 0.15) is 13.3 Å². The van der Waals surface area contributed by atoms with Crippen molar-refractivity contribution >= 4 is 0 Å². The zero-order valence-electron chi connectivity index (χ0n) is 5.44. The van der Waals surface area contributed by atoms with Gasteiger partial charge in [0.25, 0.3) is 0 Å². The Morgan fingerprint density at radius 3 is 2.62 bits per heavy atom. The highest BCUT2D eigenvalue weighted by Gasteiger charge is 1.85. The van der Waals surface area contributed by atoms with Crippen LogP contribution in [0.4, 0.5) is 0 Å². The van der Waals surface area contributed by atoms with Crippen molar-refractivity contribution in [2.24, 2.45) is 0 Å². The Balaban J connectivity index is 2.99. The van der Waals surface area contributed by atoms with E-state index in [-0.39, 0.29) is 0 Å². The second-order valence-electron chi connectivity index (χ2n) is 1.44. The first kappa shape index (κ1) is 7.50. The maximum Gasteiger partial charge on any atom is 0.188 e. The Kier molecular flexibility index (Phi) is 4.36. The fourth-order valence-electron chi connectivity index (χ4n) is 0.244. The maximum atomic E-state index is 4.92. The van der Waals surface area contributed by atoms with Gasteiger partial charge in [0.15, 0.2) is 6.79 Å². The maximum absolute atomic E-state index is 4.92. The summed E-state index contributed by atoms with van der Waals surface area (Å²) >= 11 is 0. The standard InChI is InChI=1S/C6H12O2/c1-4-6(2)8-5-7-3/h2,4-5H2,1,3H3. The lowest BCUT2D eigenvalue weighted by molar-refractivity contribution is 0.00370. The zero-order chi connectivity index (χ0) is 6.41. The van der Waals surface area contributed by atoms with E-state index in [1.807, 2.05) is 6.92 Å². The average molecular weight is 116 g/mol. The number of hydrogen-bond donors (Lipinski definition) is 0. The van der Waals surface area contributed by atoms with Gasteiger partial charge < -0.3 is 9.47 Å². The van der Waals surface area contributed by atoms with Crippen LogP contribution in [0.25, 0.3) is 0 Å². The minimum Gasteiger partial charge on any atom is -0.473 e. The van der Waals surface area contributed by atoms with E-state index in [0.29, 0.717) is 6.79 Å². The topological polar surface area (TPSA) is 18.5 Å². The van der Waals surface area contributed by atoms with Crippen LogP contribution >= 0.6 is 0 Å². The summed E-state index contributed by atoms with van der Waals surface area (Å²) in [7, 11) is 1.59. The van der Waals surface area contributed by atoms with Crippen molar-refractivity contribution < 1.29 is 9.47 Å². The third kappa shape index (κ3) is 3.68. The lowest BCUT2D eigenvalue weighted by atomic mass is 10.4. The zero-order valence-corrected chi connectivity index (χ0v) is 5.44. The fourth-order valence-corrected chi connectivity index (χ4v) is 0.244. The summed E-state index contributed by atoms with van der Waals surface area (Å²) < 4.78 is 9.55. The van der Waals surface area contributed by atoms with Crippen LogP contribution < -0.4 is 0 Å². The van der Waals surface area contributed by atoms with Crippen LogP contribution in [0.5, 0.6) is 0 Å². The first-order valence-corrected chi connectivity index (χ1v) is 2.60. The van der Waals surface area contributed by atoms with E-state index in [4.69, 9.17) is 4.74 Å². The molecule has 0 saturated heterocycles. The number of rotatable bonds is 4. The summed E-state index contributed by atoms with van der Waals surface area (Å²) in [6, 6.07) is 0. The second-order valence-corrected chi connectivity index (χ2v) is 1.44. The highest BCUT2D eigenvalue weighted by atomic mass is 16.7. The molecule has 0 amide bonds. The van der Waals surface area contributed by atoms with E-state index >= 15 is 0 Å². The molecule has 0 aliphatic rings. The van der Waals surface area contributed by atoms with Crippen molar-refractivity contribution in [1.29, 1.82) is 0 Å². The molecule has 0 aliphatic carbocycles. The molecule has 8 heavy (non-hydrogen) atoms. The Hall–Kier alpha value is -0.500. The van der Waals surface area contributed by atoms with Gasteiger partial charge in [0.2, 0.25) is 0 Å². The predicted octanol–water partition coefficient (Wildman–Crippen LogP) is 1.53. The van der Waals surface area contributed by atoms with Crippen LogP contribution in [-0.2, 0) is 9.47 Å². The minimum absolute atomic E-state index is 0.312. The number of methoxy groups -OCH3 is 1. The molecule has 0 atom stereocenters. The van der Waals surface area contributed by atoms with Gasteiger partial charge in [0.05, 0.1) is 5.76 Å². The minimum atomic E-state index is 0.312. The van der Waals surface area contributed by atoms with Crippen LogP contribution in [0.3, 0.4) is 0 Å². The van der Waals surface area contributed by atoms with Gasteiger partial charge in [-0.1, -0.05) is 13.5 Å². The van der Waals surface area contributed by atoms with E-state index in [1.165, 1.54) is 0 Å². The molecule has 0 spiro atoms. The molecule has 0 saturated carbocycles. The van der Waals surface area contributed by atoms with Crippen LogP contribution in [0.2, 0.25) is 0 Å². The molecule has 0 bridgehead atoms. The molecule has 2 heteroatoms. The van der Waals surface area contributed by atoms with Crippen molar-refractivity contribution in [1.82, 2.24) is 0 Å². The third-order valence-corrected chi connectivity index (χ3v) is 0.775. The molecular formula is C6H12O2. The van der Waals surface area contributed by atoms with Gasteiger partial charge in [-0.15, -0.1) is 0 Å². The quantitative estimate of drug-likeness (QED) is 0.409. The number of hydrogen-bond acceptors (Lipinski definition) is 2. The fraction of sp³-hybridized carbons (Fsp3) is 0.667. The smallest absolute Gasteiger partial charge is 0.188 e. The summed E-state index contributed by atoms with van der Waals surface area (Å²) in [5, 5.41) is 0. The first-order chi connectivity index (χ1) is 3.81. The van der Waals surface area contributed by atoms with Crippen molar-refractivity contribution in [3.63, 3.8) is 0 Å². The normalized spacial score (nSPS) is 8.75. The highest BCUT2D eigenvalue weighted by Crippen LogP contribution is 1.96. The van der Waals surface area contributed by atoms with Crippen molar-refractivity contribution in [2.75, 3.05) is 13.9 Å². The number of allylic oxidation sites excluding steroid dienone is 1. The van der Waals surface area contributed by atoms with E-state index in [2.05, 4.69) is 11.3 Å². The molecule has 0 unspecified atom stereocenters. The first-order valence-electron chi connectivity index (χ1n) is 2.60.